The van der Waals surface area contributed by atoms with Crippen molar-refractivity contribution in [2.24, 2.45) is 0 Å². The summed E-state index contributed by atoms with van der Waals surface area (Å²) in [6.07, 6.45) is 4.56. The van der Waals surface area contributed by atoms with E-state index in [0.717, 1.165) is 18.1 Å². The smallest absolute Gasteiger partial charge is 0.244 e. The molecular formula is C12H19N5O2S2. The summed E-state index contributed by atoms with van der Waals surface area (Å²) in [5.41, 5.74) is 0. The summed E-state index contributed by atoms with van der Waals surface area (Å²) < 4.78 is 28.8. The fraction of sp³-hybridized carbons (Fsp3) is 0.500. The van der Waals surface area contributed by atoms with Crippen LogP contribution in [0.5, 0.6) is 0 Å². The Morgan fingerprint density at radius 1 is 1.48 bits per heavy atom. The number of hydrogen-bond donors (Lipinski definition) is 2. The largest absolute Gasteiger partial charge is 0.315 e. The lowest BCUT2D eigenvalue weighted by Gasteiger charge is -2.10. The third kappa shape index (κ3) is 4.34. The van der Waals surface area contributed by atoms with Crippen molar-refractivity contribution in [1.82, 2.24) is 24.8 Å². The molecule has 0 saturated carbocycles. The van der Waals surface area contributed by atoms with Crippen LogP contribution in [0.4, 0.5) is 0 Å². The molecule has 0 amide bonds. The van der Waals surface area contributed by atoms with Crippen LogP contribution >= 0.6 is 11.3 Å². The highest BCUT2D eigenvalue weighted by molar-refractivity contribution is 7.89. The second kappa shape index (κ2) is 7.12. The highest BCUT2D eigenvalue weighted by atomic mass is 32.2. The monoisotopic (exact) mass is 329 g/mol. The molecule has 1 unspecified atom stereocenters. The van der Waals surface area contributed by atoms with E-state index in [1.165, 1.54) is 23.7 Å². The number of rotatable bonds is 8. The van der Waals surface area contributed by atoms with Crippen molar-refractivity contribution in [1.29, 1.82) is 0 Å². The van der Waals surface area contributed by atoms with Crippen LogP contribution in [0.1, 0.15) is 24.9 Å². The van der Waals surface area contributed by atoms with Crippen LogP contribution in [-0.2, 0) is 16.6 Å². The zero-order valence-electron chi connectivity index (χ0n) is 12.0. The van der Waals surface area contributed by atoms with Crippen LogP contribution in [0.25, 0.3) is 0 Å². The van der Waals surface area contributed by atoms with Gasteiger partial charge in [0.1, 0.15) is 9.90 Å². The summed E-state index contributed by atoms with van der Waals surface area (Å²) in [6, 6.07) is -0.361. The van der Waals surface area contributed by atoms with Crippen molar-refractivity contribution in [2.75, 3.05) is 13.1 Å². The fourth-order valence-electron chi connectivity index (χ4n) is 1.78. The first-order valence-electron chi connectivity index (χ1n) is 6.68. The molecular weight excluding hydrogens is 310 g/mol. The molecule has 21 heavy (non-hydrogen) atoms. The number of thiazole rings is 1. The third-order valence-corrected chi connectivity index (χ3v) is 5.29. The molecule has 2 aromatic rings. The van der Waals surface area contributed by atoms with E-state index in [1.807, 2.05) is 12.3 Å². The van der Waals surface area contributed by atoms with E-state index in [2.05, 4.69) is 20.1 Å². The Balaban J connectivity index is 2.02. The Bertz CT molecular complexity index is 651. The molecule has 0 aromatic carbocycles. The van der Waals surface area contributed by atoms with E-state index in [1.54, 1.807) is 17.8 Å². The lowest BCUT2D eigenvalue weighted by molar-refractivity contribution is 0.559. The highest BCUT2D eigenvalue weighted by Crippen LogP contribution is 2.18. The van der Waals surface area contributed by atoms with E-state index in [-0.39, 0.29) is 10.9 Å². The average molecular weight is 329 g/mol. The molecule has 9 heteroatoms. The molecule has 0 fully saturated rings. The molecule has 0 aliphatic carbocycles. The van der Waals surface area contributed by atoms with Gasteiger partial charge in [0.25, 0.3) is 0 Å². The second-order valence-electron chi connectivity index (χ2n) is 4.51. The summed E-state index contributed by atoms with van der Waals surface area (Å²) in [6.45, 7) is 6.04. The standard InChI is InChI=1S/C12H19N5O2S2/c1-3-13-4-6-17-9-11(8-15-17)21(18,19)16-10(2)12-14-5-7-20-12/h5,7-10,13,16H,3-4,6H2,1-2H3. The summed E-state index contributed by atoms with van der Waals surface area (Å²) >= 11 is 1.42. The number of hydrogen-bond acceptors (Lipinski definition) is 6. The second-order valence-corrected chi connectivity index (χ2v) is 7.15. The Kier molecular flexibility index (Phi) is 5.45. The SMILES string of the molecule is CCNCCn1cc(S(=O)(=O)NC(C)c2nccs2)cn1. The molecule has 0 bridgehead atoms. The first-order valence-corrected chi connectivity index (χ1v) is 9.04. The minimum atomic E-state index is -3.58. The Hall–Kier alpha value is -1.29. The minimum Gasteiger partial charge on any atom is -0.315 e. The van der Waals surface area contributed by atoms with Gasteiger partial charge in [-0.1, -0.05) is 6.92 Å². The summed E-state index contributed by atoms with van der Waals surface area (Å²) in [4.78, 5) is 4.28. The molecule has 0 saturated heterocycles. The molecule has 2 aromatic heterocycles. The highest BCUT2D eigenvalue weighted by Gasteiger charge is 2.21. The van der Waals surface area contributed by atoms with E-state index >= 15 is 0 Å². The van der Waals surface area contributed by atoms with Gasteiger partial charge >= 0.3 is 0 Å². The minimum absolute atomic E-state index is 0.169. The number of nitrogens with one attached hydrogen (secondary N) is 2. The van der Waals surface area contributed by atoms with Crippen molar-refractivity contribution >= 4 is 21.4 Å². The fourth-order valence-corrected chi connectivity index (χ4v) is 3.66. The van der Waals surface area contributed by atoms with Gasteiger partial charge in [0.15, 0.2) is 0 Å². The predicted molar refractivity (Wildman–Crippen MR) is 81.6 cm³/mol. The molecule has 0 radical (unpaired) electrons. The molecule has 2 N–H and O–H groups in total. The maximum Gasteiger partial charge on any atom is 0.244 e. The van der Waals surface area contributed by atoms with Gasteiger partial charge in [-0.05, 0) is 13.5 Å². The summed E-state index contributed by atoms with van der Waals surface area (Å²) in [5, 5.41) is 9.78. The predicted octanol–water partition coefficient (Wildman–Crippen LogP) is 0.989. The first-order chi connectivity index (χ1) is 10.0. The molecule has 116 valence electrons. The van der Waals surface area contributed by atoms with Crippen molar-refractivity contribution in [2.45, 2.75) is 31.3 Å². The van der Waals surface area contributed by atoms with E-state index in [4.69, 9.17) is 0 Å². The lowest BCUT2D eigenvalue weighted by atomic mass is 10.4. The molecule has 0 spiro atoms. The van der Waals surface area contributed by atoms with Crippen LogP contribution in [0.15, 0.2) is 28.9 Å². The van der Waals surface area contributed by atoms with Crippen molar-refractivity contribution < 1.29 is 8.42 Å². The maximum absolute atomic E-state index is 12.3. The van der Waals surface area contributed by atoms with Crippen molar-refractivity contribution in [3.05, 3.63) is 29.0 Å². The van der Waals surface area contributed by atoms with Gasteiger partial charge in [0, 0.05) is 24.3 Å². The Morgan fingerprint density at radius 3 is 2.95 bits per heavy atom. The van der Waals surface area contributed by atoms with Gasteiger partial charge in [-0.3, -0.25) is 4.68 Å². The van der Waals surface area contributed by atoms with Gasteiger partial charge in [0.2, 0.25) is 10.0 Å². The average Bonchev–Trinajstić information content (AvgIpc) is 3.10. The molecule has 1 atom stereocenters. The van der Waals surface area contributed by atoms with E-state index in [0.29, 0.717) is 6.54 Å². The zero-order chi connectivity index (χ0) is 15.3. The Morgan fingerprint density at radius 2 is 2.29 bits per heavy atom. The maximum atomic E-state index is 12.3. The Labute approximate surface area is 128 Å². The van der Waals surface area contributed by atoms with Gasteiger partial charge < -0.3 is 5.32 Å². The van der Waals surface area contributed by atoms with Crippen molar-refractivity contribution in [3.8, 4) is 0 Å². The normalized spacial score (nSPS) is 13.4. The third-order valence-electron chi connectivity index (χ3n) is 2.84. The van der Waals surface area contributed by atoms with Crippen LogP contribution in [0.2, 0.25) is 0 Å². The van der Waals surface area contributed by atoms with Gasteiger partial charge in [-0.2, -0.15) is 5.10 Å². The number of aromatic nitrogens is 3. The quantitative estimate of drug-likeness (QED) is 0.705. The van der Waals surface area contributed by atoms with E-state index < -0.39 is 10.0 Å². The van der Waals surface area contributed by atoms with Gasteiger partial charge in [-0.25, -0.2) is 18.1 Å². The topological polar surface area (TPSA) is 88.9 Å². The van der Waals surface area contributed by atoms with Crippen LogP contribution in [-0.4, -0.2) is 36.3 Å². The first kappa shape index (κ1) is 16.1. The summed E-state index contributed by atoms with van der Waals surface area (Å²) in [7, 11) is -3.58. The molecule has 0 aliphatic rings. The van der Waals surface area contributed by atoms with Crippen LogP contribution in [0, 0.1) is 0 Å². The summed E-state index contributed by atoms with van der Waals surface area (Å²) in [5.74, 6) is 0. The van der Waals surface area contributed by atoms with Crippen LogP contribution in [0.3, 0.4) is 0 Å². The zero-order valence-corrected chi connectivity index (χ0v) is 13.6. The van der Waals surface area contributed by atoms with Crippen molar-refractivity contribution in [3.63, 3.8) is 0 Å². The molecule has 7 nitrogen and oxygen atoms in total. The van der Waals surface area contributed by atoms with Gasteiger partial charge in [-0.15, -0.1) is 11.3 Å². The number of nitrogens with zero attached hydrogens (tertiary/aromatic N) is 3. The molecule has 2 heterocycles. The molecule has 0 aliphatic heterocycles. The lowest BCUT2D eigenvalue weighted by Crippen LogP contribution is -2.26. The van der Waals surface area contributed by atoms with E-state index in [9.17, 15) is 8.42 Å². The van der Waals surface area contributed by atoms with Gasteiger partial charge in [0.05, 0.1) is 18.8 Å². The number of sulfonamides is 1. The van der Waals surface area contributed by atoms with Crippen LogP contribution < -0.4 is 10.0 Å². The molecule has 2 rings (SSSR count). The number of likely N-dealkylation sites (N-methyl/N-ethyl adjacent to an activating group) is 1.